The van der Waals surface area contributed by atoms with Crippen LogP contribution in [-0.4, -0.2) is 18.6 Å². The van der Waals surface area contributed by atoms with E-state index in [0.717, 1.165) is 11.3 Å². The molecule has 5 aromatic carbocycles. The first kappa shape index (κ1) is 27.3. The van der Waals surface area contributed by atoms with E-state index >= 15 is 0 Å². The molecule has 0 bridgehead atoms. The van der Waals surface area contributed by atoms with Crippen molar-refractivity contribution >= 4 is 34.8 Å². The fourth-order valence-electron chi connectivity index (χ4n) is 5.39. The SMILES string of the molecule is CCOC(=O)[C@@H](NNc1ccccc1)[C@@H](c1ccccc1)[P+](c1ccccc1)(c1ccccc1)c1ccccc1. The smallest absolute Gasteiger partial charge is 0.329 e. The highest BCUT2D eigenvalue weighted by atomic mass is 31.2. The minimum Gasteiger partial charge on any atom is -0.465 e. The summed E-state index contributed by atoms with van der Waals surface area (Å²) < 4.78 is 5.77. The lowest BCUT2D eigenvalue weighted by Gasteiger charge is -2.38. The summed E-state index contributed by atoms with van der Waals surface area (Å²) in [5, 5.41) is 3.58. The molecular formula is C35H34N2O2P+. The Labute approximate surface area is 237 Å². The summed E-state index contributed by atoms with van der Waals surface area (Å²) in [7, 11) is -2.54. The largest absolute Gasteiger partial charge is 0.465 e. The molecule has 0 unspecified atom stereocenters. The second-order valence-corrected chi connectivity index (χ2v) is 13.0. The molecule has 5 rings (SSSR count). The van der Waals surface area contributed by atoms with E-state index < -0.39 is 13.3 Å². The van der Waals surface area contributed by atoms with Gasteiger partial charge in [-0.05, 0) is 61.0 Å². The van der Waals surface area contributed by atoms with Crippen LogP contribution in [0.1, 0.15) is 18.1 Å². The van der Waals surface area contributed by atoms with Crippen molar-refractivity contribution in [1.82, 2.24) is 5.43 Å². The number of nitrogens with one attached hydrogen (secondary N) is 2. The third kappa shape index (κ3) is 5.70. The van der Waals surface area contributed by atoms with Gasteiger partial charge < -0.3 is 10.2 Å². The molecule has 2 atom stereocenters. The van der Waals surface area contributed by atoms with Gasteiger partial charge in [0, 0.05) is 5.69 Å². The first-order valence-corrected chi connectivity index (χ1v) is 15.4. The van der Waals surface area contributed by atoms with Gasteiger partial charge in [-0.3, -0.25) is 4.79 Å². The zero-order valence-electron chi connectivity index (χ0n) is 22.6. The van der Waals surface area contributed by atoms with Gasteiger partial charge in [0.1, 0.15) is 28.8 Å². The van der Waals surface area contributed by atoms with E-state index in [1.54, 1.807) is 0 Å². The lowest BCUT2D eigenvalue weighted by Crippen LogP contribution is -2.50. The van der Waals surface area contributed by atoms with Crippen LogP contribution in [0, 0.1) is 0 Å². The Hall–Kier alpha value is -4.24. The minimum absolute atomic E-state index is 0.289. The molecule has 2 N–H and O–H groups in total. The number of rotatable bonds is 11. The fourth-order valence-corrected chi connectivity index (χ4v) is 10.4. The van der Waals surface area contributed by atoms with Gasteiger partial charge in [0.2, 0.25) is 0 Å². The van der Waals surface area contributed by atoms with Crippen molar-refractivity contribution in [3.63, 3.8) is 0 Å². The second kappa shape index (κ2) is 13.2. The van der Waals surface area contributed by atoms with E-state index in [0.29, 0.717) is 0 Å². The molecule has 200 valence electrons. The van der Waals surface area contributed by atoms with Crippen LogP contribution in [0.4, 0.5) is 5.69 Å². The Balaban J connectivity index is 1.82. The summed E-state index contributed by atoms with van der Waals surface area (Å²) in [5.74, 6) is -0.299. The predicted octanol–water partition coefficient (Wildman–Crippen LogP) is 6.27. The van der Waals surface area contributed by atoms with Gasteiger partial charge in [0.25, 0.3) is 0 Å². The van der Waals surface area contributed by atoms with Crippen LogP contribution >= 0.6 is 7.26 Å². The van der Waals surface area contributed by atoms with Gasteiger partial charge in [-0.2, -0.15) is 0 Å². The van der Waals surface area contributed by atoms with Gasteiger partial charge in [0.05, 0.1) is 6.61 Å². The molecule has 0 aliphatic carbocycles. The van der Waals surface area contributed by atoms with E-state index in [9.17, 15) is 4.79 Å². The van der Waals surface area contributed by atoms with Gasteiger partial charge >= 0.3 is 5.97 Å². The third-order valence-electron chi connectivity index (χ3n) is 7.05. The highest BCUT2D eigenvalue weighted by molar-refractivity contribution is 7.96. The van der Waals surface area contributed by atoms with Crippen LogP contribution in [0.2, 0.25) is 0 Å². The molecule has 40 heavy (non-hydrogen) atoms. The Morgan fingerprint density at radius 3 is 1.45 bits per heavy atom. The van der Waals surface area contributed by atoms with Gasteiger partial charge in [-0.25, -0.2) is 5.43 Å². The molecule has 5 aromatic rings. The van der Waals surface area contributed by atoms with Crippen LogP contribution in [0.25, 0.3) is 0 Å². The average molecular weight is 546 g/mol. The highest BCUT2D eigenvalue weighted by Gasteiger charge is 2.58. The molecular weight excluding hydrogens is 511 g/mol. The Kier molecular flexibility index (Phi) is 9.03. The van der Waals surface area contributed by atoms with Crippen molar-refractivity contribution < 1.29 is 9.53 Å². The standard InChI is InChI=1S/C35H34N2O2P/c1-2-39-35(38)33(37-36-29-20-10-4-11-21-29)34(28-18-8-3-9-19-28)40(30-22-12-5-13-23-30,31-24-14-6-15-25-31)32-26-16-7-17-27-32/h3-27,33-34,36-37H,2H2,1H3/q+1/t33-,34+/m0/s1. The molecule has 0 radical (unpaired) electrons. The molecule has 0 saturated heterocycles. The summed E-state index contributed by atoms with van der Waals surface area (Å²) in [6, 6.07) is 51.4. The predicted molar refractivity (Wildman–Crippen MR) is 168 cm³/mol. The molecule has 0 amide bonds. The third-order valence-corrected chi connectivity index (χ3v) is 11.8. The molecule has 0 saturated carbocycles. The molecule has 0 heterocycles. The maximum Gasteiger partial charge on any atom is 0.329 e. The number of ether oxygens (including phenoxy) is 1. The van der Waals surface area contributed by atoms with E-state index in [-0.39, 0.29) is 18.2 Å². The summed E-state index contributed by atoms with van der Waals surface area (Å²) in [5.41, 5.74) is 8.40. The number of esters is 1. The van der Waals surface area contributed by atoms with Crippen LogP contribution in [0.15, 0.2) is 152 Å². The molecule has 0 fully saturated rings. The van der Waals surface area contributed by atoms with E-state index in [2.05, 4.69) is 95.8 Å². The molecule has 0 aromatic heterocycles. The normalized spacial score (nSPS) is 12.7. The van der Waals surface area contributed by atoms with Gasteiger partial charge in [-0.1, -0.05) is 103 Å². The maximum atomic E-state index is 14.0. The molecule has 5 heteroatoms. The first-order chi connectivity index (χ1) is 19.7. The van der Waals surface area contributed by atoms with Crippen molar-refractivity contribution in [2.75, 3.05) is 12.0 Å². The zero-order chi connectivity index (χ0) is 27.6. The van der Waals surface area contributed by atoms with Crippen LogP contribution in [0.5, 0.6) is 0 Å². The fraction of sp³-hybridized carbons (Fsp3) is 0.114. The van der Waals surface area contributed by atoms with Crippen LogP contribution in [0.3, 0.4) is 0 Å². The van der Waals surface area contributed by atoms with E-state index in [1.807, 2.05) is 73.7 Å². The molecule has 0 aliphatic rings. The molecule has 0 aliphatic heterocycles. The summed E-state index contributed by atoms with van der Waals surface area (Å²) in [6.45, 7) is 2.14. The zero-order valence-corrected chi connectivity index (χ0v) is 23.5. The van der Waals surface area contributed by atoms with Crippen molar-refractivity contribution in [2.24, 2.45) is 0 Å². The minimum atomic E-state index is -2.54. The van der Waals surface area contributed by atoms with Crippen molar-refractivity contribution in [3.8, 4) is 0 Å². The Bertz CT molecular complexity index is 1370. The number of hydrazine groups is 1. The lowest BCUT2D eigenvalue weighted by atomic mass is 10.1. The van der Waals surface area contributed by atoms with E-state index in [4.69, 9.17) is 4.74 Å². The number of carbonyl (C=O) groups excluding carboxylic acids is 1. The van der Waals surface area contributed by atoms with E-state index in [1.165, 1.54) is 15.9 Å². The number of para-hydroxylation sites is 1. The number of anilines is 1. The molecule has 4 nitrogen and oxygen atoms in total. The van der Waals surface area contributed by atoms with Crippen molar-refractivity contribution in [1.29, 1.82) is 0 Å². The lowest BCUT2D eigenvalue weighted by molar-refractivity contribution is -0.145. The summed E-state index contributed by atoms with van der Waals surface area (Å²) in [6.07, 6.45) is 0. The monoisotopic (exact) mass is 545 g/mol. The van der Waals surface area contributed by atoms with Crippen molar-refractivity contribution in [3.05, 3.63) is 157 Å². The average Bonchev–Trinajstić information content (AvgIpc) is 3.03. The maximum absolute atomic E-state index is 14.0. The Morgan fingerprint density at radius 1 is 0.625 bits per heavy atom. The van der Waals surface area contributed by atoms with Gasteiger partial charge in [-0.15, -0.1) is 0 Å². The first-order valence-electron chi connectivity index (χ1n) is 13.6. The van der Waals surface area contributed by atoms with Crippen LogP contribution in [-0.2, 0) is 9.53 Å². The second-order valence-electron chi connectivity index (χ2n) is 9.45. The van der Waals surface area contributed by atoms with Gasteiger partial charge in [0.15, 0.2) is 6.04 Å². The van der Waals surface area contributed by atoms with Crippen LogP contribution < -0.4 is 26.8 Å². The number of hydrogen-bond acceptors (Lipinski definition) is 4. The quantitative estimate of drug-likeness (QED) is 0.117. The highest BCUT2D eigenvalue weighted by Crippen LogP contribution is 2.67. The number of benzene rings is 5. The molecule has 0 spiro atoms. The van der Waals surface area contributed by atoms with Crippen molar-refractivity contribution in [2.45, 2.75) is 18.6 Å². The Morgan fingerprint density at radius 2 is 1.02 bits per heavy atom. The summed E-state index contributed by atoms with van der Waals surface area (Å²) in [4.78, 5) is 14.0. The summed E-state index contributed by atoms with van der Waals surface area (Å²) >= 11 is 0. The topological polar surface area (TPSA) is 50.4 Å². The number of carbonyl (C=O) groups is 1. The number of hydrogen-bond donors (Lipinski definition) is 2.